The van der Waals surface area contributed by atoms with E-state index in [0.29, 0.717) is 0 Å². The van der Waals surface area contributed by atoms with Crippen LogP contribution in [0.25, 0.3) is 0 Å². The maximum atomic E-state index is 5.92. The van der Waals surface area contributed by atoms with E-state index >= 15 is 0 Å². The monoisotopic (exact) mass is 237 g/mol. The van der Waals surface area contributed by atoms with E-state index in [4.69, 9.17) is 9.73 Å². The predicted molar refractivity (Wildman–Crippen MR) is 73.9 cm³/mol. The fraction of sp³-hybridized carbons (Fsp3) is 0.188. The van der Waals surface area contributed by atoms with Crippen LogP contribution in [0, 0.1) is 6.92 Å². The molecule has 1 atom stereocenters. The summed E-state index contributed by atoms with van der Waals surface area (Å²) in [4.78, 5) is 4.75. The topological polar surface area (TPSA) is 21.6 Å². The van der Waals surface area contributed by atoms with E-state index in [1.165, 1.54) is 5.56 Å². The van der Waals surface area contributed by atoms with Gasteiger partial charge in [0, 0.05) is 0 Å². The van der Waals surface area contributed by atoms with E-state index in [2.05, 4.69) is 31.2 Å². The third kappa shape index (κ3) is 1.90. The van der Waals surface area contributed by atoms with Crippen molar-refractivity contribution in [3.63, 3.8) is 0 Å². The number of aliphatic imine (C=N–C) groups is 1. The van der Waals surface area contributed by atoms with Crippen molar-refractivity contribution >= 4 is 11.4 Å². The quantitative estimate of drug-likeness (QED) is 0.737. The Bertz CT molecular complexity index is 602. The molecule has 0 N–H and O–H groups in total. The van der Waals surface area contributed by atoms with Crippen LogP contribution in [0.15, 0.2) is 53.5 Å². The van der Waals surface area contributed by atoms with Gasteiger partial charge >= 0.3 is 0 Å². The minimum Gasteiger partial charge on any atom is -0.482 e. The minimum absolute atomic E-state index is 0.0115. The van der Waals surface area contributed by atoms with E-state index in [1.54, 1.807) is 0 Å². The van der Waals surface area contributed by atoms with Gasteiger partial charge < -0.3 is 4.74 Å². The molecule has 2 heteroatoms. The second kappa shape index (κ2) is 4.30. The van der Waals surface area contributed by atoms with Crippen molar-refractivity contribution < 1.29 is 4.74 Å². The van der Waals surface area contributed by atoms with Gasteiger partial charge in [-0.2, -0.15) is 0 Å². The molecule has 0 saturated carbocycles. The Morgan fingerprint density at radius 3 is 2.61 bits per heavy atom. The van der Waals surface area contributed by atoms with Crippen molar-refractivity contribution in [2.75, 3.05) is 0 Å². The van der Waals surface area contributed by atoms with Gasteiger partial charge in [-0.15, -0.1) is 0 Å². The first-order chi connectivity index (χ1) is 8.74. The molecule has 2 nitrogen and oxygen atoms in total. The van der Waals surface area contributed by atoms with E-state index in [1.807, 2.05) is 31.2 Å². The average molecular weight is 237 g/mol. The van der Waals surface area contributed by atoms with Crippen LogP contribution in [0.1, 0.15) is 18.1 Å². The number of hydrogen-bond acceptors (Lipinski definition) is 2. The molecule has 1 aliphatic rings. The fourth-order valence-corrected chi connectivity index (χ4v) is 2.19. The zero-order chi connectivity index (χ0) is 12.5. The summed E-state index contributed by atoms with van der Waals surface area (Å²) in [6, 6.07) is 16.3. The van der Waals surface area contributed by atoms with Gasteiger partial charge in [0.1, 0.15) is 17.5 Å². The third-order valence-corrected chi connectivity index (χ3v) is 3.11. The molecule has 2 aromatic rings. The smallest absolute Gasteiger partial charge is 0.145 e. The van der Waals surface area contributed by atoms with E-state index in [9.17, 15) is 0 Å². The van der Waals surface area contributed by atoms with Crippen LogP contribution in [0.2, 0.25) is 0 Å². The molecule has 0 amide bonds. The molecule has 0 spiro atoms. The zero-order valence-electron chi connectivity index (χ0n) is 10.6. The Kier molecular flexibility index (Phi) is 2.63. The van der Waals surface area contributed by atoms with Crippen LogP contribution >= 0.6 is 0 Å². The Morgan fingerprint density at radius 2 is 1.83 bits per heavy atom. The molecule has 0 bridgehead atoms. The number of aryl methyl sites for hydroxylation is 1. The first-order valence-corrected chi connectivity index (χ1v) is 6.15. The fourth-order valence-electron chi connectivity index (χ4n) is 2.19. The van der Waals surface area contributed by atoms with Gasteiger partial charge in [0.15, 0.2) is 0 Å². The molecule has 2 aromatic carbocycles. The summed E-state index contributed by atoms with van der Waals surface area (Å²) >= 11 is 0. The lowest BCUT2D eigenvalue weighted by atomic mass is 10.0. The maximum Gasteiger partial charge on any atom is 0.145 e. The molecule has 0 radical (unpaired) electrons. The summed E-state index contributed by atoms with van der Waals surface area (Å²) in [5.41, 5.74) is 4.24. The van der Waals surface area contributed by atoms with Crippen LogP contribution in [-0.4, -0.2) is 11.8 Å². The highest BCUT2D eigenvalue weighted by Crippen LogP contribution is 2.34. The summed E-state index contributed by atoms with van der Waals surface area (Å²) in [5.74, 6) is 0.868. The van der Waals surface area contributed by atoms with Crippen LogP contribution in [0.4, 0.5) is 5.69 Å². The Morgan fingerprint density at radius 1 is 1.06 bits per heavy atom. The number of nitrogens with zero attached hydrogens (tertiary/aromatic N) is 1. The number of benzene rings is 2. The van der Waals surface area contributed by atoms with Crippen molar-refractivity contribution in [1.82, 2.24) is 0 Å². The molecule has 0 fully saturated rings. The molecule has 18 heavy (non-hydrogen) atoms. The van der Waals surface area contributed by atoms with Crippen LogP contribution < -0.4 is 4.74 Å². The molecule has 3 rings (SSSR count). The summed E-state index contributed by atoms with van der Waals surface area (Å²) < 4.78 is 5.92. The van der Waals surface area contributed by atoms with Gasteiger partial charge in [-0.05, 0) is 37.1 Å². The number of hydrogen-bond donors (Lipinski definition) is 0. The van der Waals surface area contributed by atoms with Gasteiger partial charge in [-0.1, -0.05) is 36.4 Å². The lowest BCUT2D eigenvalue weighted by Gasteiger charge is -2.23. The standard InChI is InChI=1S/C16H15NO/c1-11-8-9-15-14(10-11)17-16(12(2)18-15)13-6-4-3-5-7-13/h3-10,12H,1-2H3. The average Bonchev–Trinajstić information content (AvgIpc) is 2.39. The normalized spacial score (nSPS) is 17.7. The Hall–Kier alpha value is -2.09. The lowest BCUT2D eigenvalue weighted by Crippen LogP contribution is -2.27. The highest BCUT2D eigenvalue weighted by atomic mass is 16.5. The lowest BCUT2D eigenvalue weighted by molar-refractivity contribution is 0.283. The number of rotatable bonds is 1. The number of ether oxygens (including phenoxy) is 1. The van der Waals surface area contributed by atoms with Crippen LogP contribution in [0.3, 0.4) is 0 Å². The van der Waals surface area contributed by atoms with E-state index in [0.717, 1.165) is 22.7 Å². The predicted octanol–water partition coefficient (Wildman–Crippen LogP) is 3.90. The van der Waals surface area contributed by atoms with Gasteiger partial charge in [0.2, 0.25) is 0 Å². The van der Waals surface area contributed by atoms with Crippen molar-refractivity contribution in [2.45, 2.75) is 20.0 Å². The number of fused-ring (bicyclic) bond motifs is 1. The first kappa shape index (κ1) is 11.0. The van der Waals surface area contributed by atoms with Crippen molar-refractivity contribution in [3.8, 4) is 5.75 Å². The minimum atomic E-state index is -0.0115. The van der Waals surface area contributed by atoms with Crippen molar-refractivity contribution in [1.29, 1.82) is 0 Å². The molecule has 90 valence electrons. The van der Waals surface area contributed by atoms with Crippen molar-refractivity contribution in [2.24, 2.45) is 4.99 Å². The zero-order valence-corrected chi connectivity index (χ0v) is 10.6. The molecule has 1 heterocycles. The largest absolute Gasteiger partial charge is 0.482 e. The van der Waals surface area contributed by atoms with Crippen LogP contribution in [0.5, 0.6) is 5.75 Å². The maximum absolute atomic E-state index is 5.92. The third-order valence-electron chi connectivity index (χ3n) is 3.11. The SMILES string of the molecule is Cc1ccc2c(c1)N=C(c1ccccc1)C(C)O2. The van der Waals surface area contributed by atoms with Crippen molar-refractivity contribution in [3.05, 3.63) is 59.7 Å². The van der Waals surface area contributed by atoms with Gasteiger partial charge in [-0.3, -0.25) is 0 Å². The van der Waals surface area contributed by atoms with Crippen LogP contribution in [-0.2, 0) is 0 Å². The van der Waals surface area contributed by atoms with Gasteiger partial charge in [0.05, 0.1) is 5.71 Å². The highest BCUT2D eigenvalue weighted by molar-refractivity contribution is 6.06. The summed E-state index contributed by atoms with van der Waals surface area (Å²) in [5, 5.41) is 0. The molecular weight excluding hydrogens is 222 g/mol. The summed E-state index contributed by atoms with van der Waals surface area (Å²) in [6.45, 7) is 4.10. The molecule has 1 aliphatic heterocycles. The second-order valence-corrected chi connectivity index (χ2v) is 4.59. The Balaban J connectivity index is 2.10. The van der Waals surface area contributed by atoms with E-state index < -0.39 is 0 Å². The molecule has 0 aliphatic carbocycles. The van der Waals surface area contributed by atoms with E-state index in [-0.39, 0.29) is 6.10 Å². The summed E-state index contributed by atoms with van der Waals surface area (Å²) in [6.07, 6.45) is -0.0115. The second-order valence-electron chi connectivity index (χ2n) is 4.59. The van der Waals surface area contributed by atoms with Gasteiger partial charge in [-0.25, -0.2) is 4.99 Å². The van der Waals surface area contributed by atoms with Gasteiger partial charge in [0.25, 0.3) is 0 Å². The highest BCUT2D eigenvalue weighted by Gasteiger charge is 2.21. The first-order valence-electron chi connectivity index (χ1n) is 6.15. The molecule has 0 saturated heterocycles. The molecular formula is C16H15NO. The Labute approximate surface area is 107 Å². The molecule has 0 aromatic heterocycles. The molecule has 1 unspecified atom stereocenters. The summed E-state index contributed by atoms with van der Waals surface area (Å²) in [7, 11) is 0.